The van der Waals surface area contributed by atoms with Gasteiger partial charge in [-0.1, -0.05) is 6.92 Å². The lowest BCUT2D eigenvalue weighted by molar-refractivity contribution is 0.308. The number of aromatic nitrogens is 1. The Balaban J connectivity index is 2.22. The minimum Gasteiger partial charge on any atom is -0.387 e. The number of hydrogen-bond donors (Lipinski definition) is 2. The van der Waals surface area contributed by atoms with Crippen molar-refractivity contribution in [3.8, 4) is 0 Å². The van der Waals surface area contributed by atoms with Gasteiger partial charge in [0.1, 0.15) is 0 Å². The summed E-state index contributed by atoms with van der Waals surface area (Å²) >= 11 is 0. The van der Waals surface area contributed by atoms with Crippen LogP contribution < -0.4 is 11.1 Å². The Morgan fingerprint density at radius 1 is 1.38 bits per heavy atom. The fourth-order valence-corrected chi connectivity index (χ4v) is 2.88. The highest BCUT2D eigenvalue weighted by Crippen LogP contribution is 2.37. The van der Waals surface area contributed by atoms with Crippen LogP contribution in [0.25, 0.3) is 0 Å². The lowest BCUT2D eigenvalue weighted by Gasteiger charge is -2.32. The summed E-state index contributed by atoms with van der Waals surface area (Å²) < 4.78 is 0. The largest absolute Gasteiger partial charge is 0.387 e. The van der Waals surface area contributed by atoms with Crippen LogP contribution in [0.4, 0.5) is 5.69 Å². The van der Waals surface area contributed by atoms with Gasteiger partial charge in [-0.25, -0.2) is 0 Å². The molecule has 3 atom stereocenters. The molecule has 1 saturated carbocycles. The molecule has 88 valence electrons. The maximum absolute atomic E-state index is 6.11. The topological polar surface area (TPSA) is 50.9 Å². The predicted molar refractivity (Wildman–Crippen MR) is 67.5 cm³/mol. The van der Waals surface area contributed by atoms with Gasteiger partial charge in [-0.2, -0.15) is 0 Å². The Kier molecular flexibility index (Phi) is 3.44. The average Bonchev–Trinajstić information content (AvgIpc) is 2.27. The van der Waals surface area contributed by atoms with E-state index in [0.717, 1.165) is 24.4 Å². The van der Waals surface area contributed by atoms with E-state index in [1.165, 1.54) is 12.0 Å². The van der Waals surface area contributed by atoms with E-state index in [2.05, 4.69) is 23.3 Å². The Morgan fingerprint density at radius 3 is 2.88 bits per heavy atom. The zero-order valence-electron chi connectivity index (χ0n) is 10.1. The van der Waals surface area contributed by atoms with Crippen molar-refractivity contribution in [3.63, 3.8) is 0 Å². The van der Waals surface area contributed by atoms with Crippen LogP contribution in [0, 0.1) is 5.92 Å². The van der Waals surface area contributed by atoms with E-state index in [4.69, 9.17) is 5.73 Å². The molecule has 3 heteroatoms. The molecule has 3 nitrogen and oxygen atoms in total. The molecule has 0 aromatic carbocycles. The smallest absolute Gasteiger partial charge is 0.0559 e. The van der Waals surface area contributed by atoms with E-state index in [-0.39, 0.29) is 0 Å². The van der Waals surface area contributed by atoms with Gasteiger partial charge in [0.2, 0.25) is 0 Å². The van der Waals surface area contributed by atoms with Gasteiger partial charge in [0.25, 0.3) is 0 Å². The van der Waals surface area contributed by atoms with Crippen molar-refractivity contribution in [2.45, 2.75) is 38.1 Å². The first-order valence-corrected chi connectivity index (χ1v) is 6.08. The number of rotatable bonds is 2. The second kappa shape index (κ2) is 4.83. The van der Waals surface area contributed by atoms with Crippen molar-refractivity contribution in [3.05, 3.63) is 24.0 Å². The maximum atomic E-state index is 6.11. The molecule has 0 spiro atoms. The molecule has 1 aromatic rings. The summed E-state index contributed by atoms with van der Waals surface area (Å²) in [6, 6.07) is 2.48. The minimum atomic E-state index is 0.353. The SMILES string of the molecule is CNc1cnccc1[C@@H]1C[C@H](C)C[C@H](N)C1. The van der Waals surface area contributed by atoms with E-state index < -0.39 is 0 Å². The summed E-state index contributed by atoms with van der Waals surface area (Å²) in [5.74, 6) is 1.32. The molecular weight excluding hydrogens is 198 g/mol. The summed E-state index contributed by atoms with van der Waals surface area (Å²) in [5.41, 5.74) is 8.63. The van der Waals surface area contributed by atoms with Crippen molar-refractivity contribution in [2.24, 2.45) is 11.7 Å². The minimum absolute atomic E-state index is 0.353. The molecule has 0 amide bonds. The van der Waals surface area contributed by atoms with Crippen molar-refractivity contribution >= 4 is 5.69 Å². The Bertz CT molecular complexity index is 341. The molecule has 0 saturated heterocycles. The first-order valence-electron chi connectivity index (χ1n) is 6.08. The summed E-state index contributed by atoms with van der Waals surface area (Å²) in [6.07, 6.45) is 7.28. The van der Waals surface area contributed by atoms with Crippen LogP contribution in [0.3, 0.4) is 0 Å². The molecule has 1 aromatic heterocycles. The van der Waals surface area contributed by atoms with Crippen LogP contribution in [0.1, 0.15) is 37.7 Å². The molecule has 1 fully saturated rings. The van der Waals surface area contributed by atoms with Gasteiger partial charge in [0, 0.05) is 19.3 Å². The Hall–Kier alpha value is -1.09. The molecule has 1 aliphatic rings. The summed E-state index contributed by atoms with van der Waals surface area (Å²) in [6.45, 7) is 2.30. The average molecular weight is 219 g/mol. The predicted octanol–water partition coefficient (Wildman–Crippen LogP) is 2.35. The molecular formula is C13H21N3. The van der Waals surface area contributed by atoms with Crippen LogP contribution in [0.2, 0.25) is 0 Å². The lowest BCUT2D eigenvalue weighted by Crippen LogP contribution is -2.31. The highest BCUT2D eigenvalue weighted by Gasteiger charge is 2.26. The third-order valence-electron chi connectivity index (χ3n) is 3.54. The molecule has 0 aliphatic heterocycles. The molecule has 1 aliphatic carbocycles. The zero-order valence-corrected chi connectivity index (χ0v) is 10.1. The highest BCUT2D eigenvalue weighted by molar-refractivity contribution is 5.50. The number of nitrogens with two attached hydrogens (primary N) is 1. The van der Waals surface area contributed by atoms with E-state index in [9.17, 15) is 0 Å². The molecule has 0 unspecified atom stereocenters. The first-order chi connectivity index (χ1) is 7.70. The maximum Gasteiger partial charge on any atom is 0.0559 e. The van der Waals surface area contributed by atoms with Gasteiger partial charge in [0.05, 0.1) is 11.9 Å². The second-order valence-electron chi connectivity index (χ2n) is 4.98. The number of anilines is 1. The number of pyridine rings is 1. The van der Waals surface area contributed by atoms with Crippen LogP contribution in [-0.2, 0) is 0 Å². The molecule has 0 radical (unpaired) electrons. The summed E-state index contributed by atoms with van der Waals surface area (Å²) in [4.78, 5) is 4.16. The van der Waals surface area contributed by atoms with Crippen molar-refractivity contribution in [1.82, 2.24) is 4.98 Å². The van der Waals surface area contributed by atoms with E-state index >= 15 is 0 Å². The quantitative estimate of drug-likeness (QED) is 0.802. The van der Waals surface area contributed by atoms with Crippen molar-refractivity contribution in [1.29, 1.82) is 0 Å². The van der Waals surface area contributed by atoms with E-state index in [1.54, 1.807) is 0 Å². The van der Waals surface area contributed by atoms with Gasteiger partial charge < -0.3 is 11.1 Å². The monoisotopic (exact) mass is 219 g/mol. The van der Waals surface area contributed by atoms with Crippen LogP contribution in [-0.4, -0.2) is 18.1 Å². The fourth-order valence-electron chi connectivity index (χ4n) is 2.88. The van der Waals surface area contributed by atoms with Gasteiger partial charge in [-0.15, -0.1) is 0 Å². The van der Waals surface area contributed by atoms with E-state index in [0.29, 0.717) is 12.0 Å². The first kappa shape index (κ1) is 11.4. The number of nitrogens with one attached hydrogen (secondary N) is 1. The number of nitrogens with zero attached hydrogens (tertiary/aromatic N) is 1. The standard InChI is InChI=1S/C13H21N3/c1-9-5-10(7-11(14)6-9)12-3-4-16-8-13(12)15-2/h3-4,8-11,15H,5-7,14H2,1-2H3/t9-,10+,11-/m0/s1. The van der Waals surface area contributed by atoms with Gasteiger partial charge in [0.15, 0.2) is 0 Å². The highest BCUT2D eigenvalue weighted by atomic mass is 14.8. The zero-order chi connectivity index (χ0) is 11.5. The van der Waals surface area contributed by atoms with Crippen LogP contribution in [0.15, 0.2) is 18.5 Å². The second-order valence-corrected chi connectivity index (χ2v) is 4.98. The normalized spacial score (nSPS) is 30.1. The molecule has 1 heterocycles. The molecule has 2 rings (SSSR count). The van der Waals surface area contributed by atoms with Gasteiger partial charge in [-0.05, 0) is 42.7 Å². The van der Waals surface area contributed by atoms with Crippen LogP contribution in [0.5, 0.6) is 0 Å². The van der Waals surface area contributed by atoms with Gasteiger partial charge in [-0.3, -0.25) is 4.98 Å². The van der Waals surface area contributed by atoms with Gasteiger partial charge >= 0.3 is 0 Å². The molecule has 16 heavy (non-hydrogen) atoms. The Morgan fingerprint density at radius 2 is 2.19 bits per heavy atom. The molecule has 0 bridgehead atoms. The lowest BCUT2D eigenvalue weighted by atomic mass is 9.76. The summed E-state index contributed by atoms with van der Waals surface area (Å²) in [7, 11) is 1.95. The third-order valence-corrected chi connectivity index (χ3v) is 3.54. The van der Waals surface area contributed by atoms with Crippen molar-refractivity contribution in [2.75, 3.05) is 12.4 Å². The molecule has 3 N–H and O–H groups in total. The van der Waals surface area contributed by atoms with E-state index in [1.807, 2.05) is 19.4 Å². The Labute approximate surface area is 97.5 Å². The third kappa shape index (κ3) is 2.35. The van der Waals surface area contributed by atoms with Crippen LogP contribution >= 0.6 is 0 Å². The van der Waals surface area contributed by atoms with Crippen molar-refractivity contribution < 1.29 is 0 Å². The number of hydrogen-bond acceptors (Lipinski definition) is 3. The fraction of sp³-hybridized carbons (Fsp3) is 0.615. The summed E-state index contributed by atoms with van der Waals surface area (Å²) in [5, 5.41) is 3.22.